The number of amides is 1. The lowest BCUT2D eigenvalue weighted by Gasteiger charge is -2.19. The lowest BCUT2D eigenvalue weighted by Crippen LogP contribution is -2.32. The van der Waals surface area contributed by atoms with E-state index in [4.69, 9.17) is 4.74 Å². The van der Waals surface area contributed by atoms with Crippen LogP contribution in [0.15, 0.2) is 24.5 Å². The zero-order chi connectivity index (χ0) is 16.5. The number of alkyl carbamates (subject to hydrolysis) is 1. The van der Waals surface area contributed by atoms with Gasteiger partial charge in [0.05, 0.1) is 0 Å². The highest BCUT2D eigenvalue weighted by atomic mass is 19.4. The molecule has 0 saturated carbocycles. The number of pyridine rings is 1. The number of imidazole rings is 1. The summed E-state index contributed by atoms with van der Waals surface area (Å²) >= 11 is 0. The van der Waals surface area contributed by atoms with Gasteiger partial charge in [-0.3, -0.25) is 0 Å². The van der Waals surface area contributed by atoms with E-state index in [9.17, 15) is 18.0 Å². The van der Waals surface area contributed by atoms with Crippen molar-refractivity contribution in [3.8, 4) is 0 Å². The number of fused-ring (bicyclic) bond motifs is 1. The average Bonchev–Trinajstić information content (AvgIpc) is 2.78. The Balaban J connectivity index is 2.18. The van der Waals surface area contributed by atoms with Crippen LogP contribution >= 0.6 is 0 Å². The first-order chi connectivity index (χ1) is 10.1. The summed E-state index contributed by atoms with van der Waals surface area (Å²) in [7, 11) is 0. The molecule has 0 atom stereocenters. The number of carbonyl (C=O) groups is 1. The number of nitrogens with one attached hydrogen (secondary N) is 1. The van der Waals surface area contributed by atoms with E-state index in [1.54, 1.807) is 32.9 Å². The van der Waals surface area contributed by atoms with E-state index in [2.05, 4.69) is 10.3 Å². The van der Waals surface area contributed by atoms with Crippen molar-refractivity contribution in [1.29, 1.82) is 0 Å². The summed E-state index contributed by atoms with van der Waals surface area (Å²) in [6.07, 6.45) is -2.78. The number of halogens is 3. The molecule has 2 aromatic heterocycles. The molecule has 1 N–H and O–H groups in total. The molecule has 2 rings (SSSR count). The molecular weight excluding hydrogens is 299 g/mol. The lowest BCUT2D eigenvalue weighted by molar-refractivity contribution is -0.140. The fraction of sp³-hybridized carbons (Fsp3) is 0.429. The summed E-state index contributed by atoms with van der Waals surface area (Å²) in [5, 5.41) is 2.50. The SMILES string of the molecule is CC(C)(C)OC(=O)NCc1cccn2cc(C(F)(F)F)nc12. The fourth-order valence-corrected chi connectivity index (χ4v) is 1.83. The van der Waals surface area contributed by atoms with Gasteiger partial charge in [-0.1, -0.05) is 6.07 Å². The first-order valence-corrected chi connectivity index (χ1v) is 6.57. The fourth-order valence-electron chi connectivity index (χ4n) is 1.83. The van der Waals surface area contributed by atoms with Gasteiger partial charge in [-0.15, -0.1) is 0 Å². The van der Waals surface area contributed by atoms with E-state index in [0.717, 1.165) is 6.20 Å². The number of hydrogen-bond acceptors (Lipinski definition) is 3. The van der Waals surface area contributed by atoms with Gasteiger partial charge in [0.1, 0.15) is 11.2 Å². The van der Waals surface area contributed by atoms with Crippen LogP contribution in [0.5, 0.6) is 0 Å². The largest absolute Gasteiger partial charge is 0.444 e. The highest BCUT2D eigenvalue weighted by Crippen LogP contribution is 2.29. The molecule has 0 spiro atoms. The topological polar surface area (TPSA) is 55.6 Å². The second-order valence-corrected chi connectivity index (χ2v) is 5.74. The maximum absolute atomic E-state index is 12.7. The summed E-state index contributed by atoms with van der Waals surface area (Å²) < 4.78 is 44.4. The monoisotopic (exact) mass is 315 g/mol. The third-order valence-electron chi connectivity index (χ3n) is 2.68. The Morgan fingerprint density at radius 3 is 2.64 bits per heavy atom. The van der Waals surface area contributed by atoms with Gasteiger partial charge < -0.3 is 14.5 Å². The molecule has 0 radical (unpaired) electrons. The van der Waals surface area contributed by atoms with Crippen molar-refractivity contribution in [1.82, 2.24) is 14.7 Å². The Morgan fingerprint density at radius 2 is 2.05 bits per heavy atom. The molecule has 0 unspecified atom stereocenters. The van der Waals surface area contributed by atoms with Gasteiger partial charge in [0.2, 0.25) is 0 Å². The maximum atomic E-state index is 12.7. The van der Waals surface area contributed by atoms with E-state index in [-0.39, 0.29) is 12.2 Å². The smallest absolute Gasteiger partial charge is 0.434 e. The second kappa shape index (κ2) is 5.51. The van der Waals surface area contributed by atoms with E-state index in [1.165, 1.54) is 10.6 Å². The molecule has 0 aliphatic heterocycles. The minimum atomic E-state index is -4.51. The molecule has 2 heterocycles. The quantitative estimate of drug-likeness (QED) is 0.924. The van der Waals surface area contributed by atoms with Crippen LogP contribution in [0.3, 0.4) is 0 Å². The Bertz CT molecular complexity index is 687. The molecular formula is C14H16F3N3O2. The van der Waals surface area contributed by atoms with Gasteiger partial charge in [0, 0.05) is 24.5 Å². The molecule has 22 heavy (non-hydrogen) atoms. The van der Waals surface area contributed by atoms with E-state index in [1.807, 2.05) is 0 Å². The van der Waals surface area contributed by atoms with Crippen molar-refractivity contribution in [2.45, 2.75) is 39.1 Å². The van der Waals surface area contributed by atoms with Gasteiger partial charge in [-0.05, 0) is 26.8 Å². The minimum absolute atomic E-state index is 0.0214. The number of aromatic nitrogens is 2. The normalized spacial score (nSPS) is 12.5. The molecule has 0 saturated heterocycles. The summed E-state index contributed by atoms with van der Waals surface area (Å²) in [4.78, 5) is 15.2. The van der Waals surface area contributed by atoms with Gasteiger partial charge in [-0.25, -0.2) is 9.78 Å². The van der Waals surface area contributed by atoms with Crippen LogP contribution < -0.4 is 5.32 Å². The summed E-state index contributed by atoms with van der Waals surface area (Å²) in [5.74, 6) is 0. The van der Waals surface area contributed by atoms with E-state index < -0.39 is 23.6 Å². The zero-order valence-electron chi connectivity index (χ0n) is 12.4. The summed E-state index contributed by atoms with van der Waals surface area (Å²) in [5.41, 5.74) is -1.01. The average molecular weight is 315 g/mol. The van der Waals surface area contributed by atoms with Crippen molar-refractivity contribution in [2.24, 2.45) is 0 Å². The van der Waals surface area contributed by atoms with Crippen LogP contribution in [0.2, 0.25) is 0 Å². The molecule has 2 aromatic rings. The highest BCUT2D eigenvalue weighted by molar-refractivity contribution is 5.68. The molecule has 0 bridgehead atoms. The van der Waals surface area contributed by atoms with E-state index >= 15 is 0 Å². The van der Waals surface area contributed by atoms with Crippen LogP contribution in [-0.4, -0.2) is 21.1 Å². The predicted molar refractivity (Wildman–Crippen MR) is 73.3 cm³/mol. The summed E-state index contributed by atoms with van der Waals surface area (Å²) in [6, 6.07) is 3.18. The van der Waals surface area contributed by atoms with Crippen LogP contribution in [0.4, 0.5) is 18.0 Å². The van der Waals surface area contributed by atoms with Crippen LogP contribution in [0.25, 0.3) is 5.65 Å². The molecule has 0 fully saturated rings. The van der Waals surface area contributed by atoms with Crippen molar-refractivity contribution >= 4 is 11.7 Å². The van der Waals surface area contributed by atoms with Crippen molar-refractivity contribution in [2.75, 3.05) is 0 Å². The third-order valence-corrected chi connectivity index (χ3v) is 2.68. The van der Waals surface area contributed by atoms with Crippen molar-refractivity contribution < 1.29 is 22.7 Å². The van der Waals surface area contributed by atoms with Gasteiger partial charge >= 0.3 is 12.3 Å². The molecule has 0 aromatic carbocycles. The first kappa shape index (κ1) is 16.1. The molecule has 8 heteroatoms. The highest BCUT2D eigenvalue weighted by Gasteiger charge is 2.34. The molecule has 120 valence electrons. The lowest BCUT2D eigenvalue weighted by atomic mass is 10.2. The number of hydrogen-bond donors (Lipinski definition) is 1. The minimum Gasteiger partial charge on any atom is -0.444 e. The zero-order valence-corrected chi connectivity index (χ0v) is 12.4. The van der Waals surface area contributed by atoms with Crippen molar-refractivity contribution in [3.63, 3.8) is 0 Å². The van der Waals surface area contributed by atoms with Crippen LogP contribution in [0, 0.1) is 0 Å². The predicted octanol–water partition coefficient (Wildman–Crippen LogP) is 3.38. The number of alkyl halides is 3. The number of ether oxygens (including phenoxy) is 1. The van der Waals surface area contributed by atoms with Gasteiger partial charge in [-0.2, -0.15) is 13.2 Å². The Morgan fingerprint density at radius 1 is 1.36 bits per heavy atom. The Hall–Kier alpha value is -2.25. The van der Waals surface area contributed by atoms with Crippen molar-refractivity contribution in [3.05, 3.63) is 35.8 Å². The number of nitrogens with zero attached hydrogens (tertiary/aromatic N) is 2. The maximum Gasteiger partial charge on any atom is 0.434 e. The Kier molecular flexibility index (Phi) is 4.04. The van der Waals surface area contributed by atoms with E-state index in [0.29, 0.717) is 5.56 Å². The summed E-state index contributed by atoms with van der Waals surface area (Å²) in [6.45, 7) is 5.18. The third kappa shape index (κ3) is 3.90. The molecule has 0 aliphatic carbocycles. The van der Waals surface area contributed by atoms with Gasteiger partial charge in [0.25, 0.3) is 0 Å². The van der Waals surface area contributed by atoms with Gasteiger partial charge in [0.15, 0.2) is 5.69 Å². The Labute approximate surface area is 125 Å². The standard InChI is InChI=1S/C14H16F3N3O2/c1-13(2,3)22-12(21)18-7-9-5-4-6-20-8-10(14(15,16)17)19-11(9)20/h4-6,8H,7H2,1-3H3,(H,18,21). The molecule has 1 amide bonds. The number of rotatable bonds is 2. The second-order valence-electron chi connectivity index (χ2n) is 5.74. The number of carbonyl (C=O) groups excluding carboxylic acids is 1. The molecule has 5 nitrogen and oxygen atoms in total. The van der Waals surface area contributed by atoms with Crippen LogP contribution in [-0.2, 0) is 17.5 Å². The molecule has 0 aliphatic rings. The first-order valence-electron chi connectivity index (χ1n) is 6.57. The van der Waals surface area contributed by atoms with Crippen LogP contribution in [0.1, 0.15) is 32.0 Å².